The largest absolute Gasteiger partial charge is 0.141 e. The van der Waals surface area contributed by atoms with Crippen molar-refractivity contribution < 1.29 is 0 Å². The first-order valence-corrected chi connectivity index (χ1v) is 12.8. The molecule has 0 atom stereocenters. The molecule has 3 aromatic carbocycles. The van der Waals surface area contributed by atoms with Gasteiger partial charge in [0, 0.05) is 5.33 Å². The predicted octanol–water partition coefficient (Wildman–Crippen LogP) is 8.45. The van der Waals surface area contributed by atoms with Gasteiger partial charge < -0.3 is 0 Å². The van der Waals surface area contributed by atoms with Crippen LogP contribution >= 0.6 is 27.7 Å². The lowest BCUT2D eigenvalue weighted by Gasteiger charge is -2.35. The van der Waals surface area contributed by atoms with Gasteiger partial charge in [-0.25, -0.2) is 0 Å². The molecule has 152 valence electrons. The Hall–Kier alpha value is -1.51. The summed E-state index contributed by atoms with van der Waals surface area (Å²) in [6.45, 7) is 0. The summed E-state index contributed by atoms with van der Waals surface area (Å²) in [5, 5.41) is 1.14. The van der Waals surface area contributed by atoms with Gasteiger partial charge in [0.1, 0.15) is 0 Å². The molecule has 0 aliphatic heterocycles. The lowest BCUT2D eigenvalue weighted by Crippen LogP contribution is -2.26. The molecule has 0 saturated carbocycles. The number of halogens is 1. The Kier molecular flexibility index (Phi) is 9.37. The summed E-state index contributed by atoms with van der Waals surface area (Å²) in [7, 11) is 0. The van der Waals surface area contributed by atoms with Crippen LogP contribution in [0.5, 0.6) is 0 Å². The summed E-state index contributed by atoms with van der Waals surface area (Å²) in [6.07, 6.45) is 7.95. The highest BCUT2D eigenvalue weighted by atomic mass is 79.9. The molecule has 0 amide bonds. The van der Waals surface area contributed by atoms with Crippen molar-refractivity contribution in [2.75, 3.05) is 11.1 Å². The van der Waals surface area contributed by atoms with Gasteiger partial charge in [0.25, 0.3) is 0 Å². The van der Waals surface area contributed by atoms with E-state index in [1.165, 1.54) is 55.2 Å². The normalized spacial score (nSPS) is 11.5. The van der Waals surface area contributed by atoms with Crippen molar-refractivity contribution in [3.63, 3.8) is 0 Å². The fourth-order valence-corrected chi connectivity index (χ4v) is 5.86. The lowest BCUT2D eigenvalue weighted by atomic mass is 9.84. The molecule has 3 rings (SSSR count). The molecular weight excluding hydrogens is 436 g/mol. The van der Waals surface area contributed by atoms with Crippen LogP contribution in [0.4, 0.5) is 0 Å². The molecule has 0 N–H and O–H groups in total. The Morgan fingerprint density at radius 3 is 1.31 bits per heavy atom. The van der Waals surface area contributed by atoms with E-state index in [1.54, 1.807) is 0 Å². The fraction of sp³-hybridized carbons (Fsp3) is 0.333. The van der Waals surface area contributed by atoms with Gasteiger partial charge in [0.05, 0.1) is 4.75 Å². The number of thioether (sulfide) groups is 1. The molecule has 0 bridgehead atoms. The molecule has 0 aliphatic rings. The van der Waals surface area contributed by atoms with Crippen molar-refractivity contribution in [2.24, 2.45) is 0 Å². The van der Waals surface area contributed by atoms with Crippen molar-refractivity contribution in [1.82, 2.24) is 0 Å². The predicted molar refractivity (Wildman–Crippen MR) is 133 cm³/mol. The highest BCUT2D eigenvalue weighted by molar-refractivity contribution is 9.09. The minimum Gasteiger partial charge on any atom is -0.141 e. The maximum absolute atomic E-state index is 3.53. The zero-order valence-electron chi connectivity index (χ0n) is 17.1. The average Bonchev–Trinajstić information content (AvgIpc) is 2.80. The zero-order chi connectivity index (χ0) is 20.2. The van der Waals surface area contributed by atoms with Crippen LogP contribution in [-0.4, -0.2) is 11.1 Å². The molecule has 3 aromatic rings. The molecule has 0 spiro atoms. The molecule has 0 nitrogen and oxygen atoms in total. The first-order valence-electron chi connectivity index (χ1n) is 10.7. The third-order valence-electron chi connectivity index (χ3n) is 5.39. The number of benzene rings is 3. The van der Waals surface area contributed by atoms with Crippen molar-refractivity contribution in [3.05, 3.63) is 108 Å². The van der Waals surface area contributed by atoms with E-state index in [1.807, 2.05) is 0 Å². The van der Waals surface area contributed by atoms with Crippen LogP contribution in [0.1, 0.15) is 55.2 Å². The quantitative estimate of drug-likeness (QED) is 0.146. The Morgan fingerprint density at radius 2 is 0.897 bits per heavy atom. The molecule has 0 saturated heterocycles. The maximum Gasteiger partial charge on any atom is 0.0906 e. The van der Waals surface area contributed by atoms with E-state index in [0.29, 0.717) is 0 Å². The van der Waals surface area contributed by atoms with Crippen molar-refractivity contribution in [3.8, 4) is 0 Å². The van der Waals surface area contributed by atoms with Gasteiger partial charge in [-0.05, 0) is 35.3 Å². The first kappa shape index (κ1) is 22.2. The maximum atomic E-state index is 3.53. The van der Waals surface area contributed by atoms with E-state index in [0.717, 1.165) is 11.1 Å². The third-order valence-corrected chi connectivity index (χ3v) is 7.58. The Morgan fingerprint density at radius 1 is 0.517 bits per heavy atom. The molecule has 0 fully saturated rings. The summed E-state index contributed by atoms with van der Waals surface area (Å²) in [5.41, 5.74) is 4.08. The van der Waals surface area contributed by atoms with Crippen molar-refractivity contribution in [2.45, 2.75) is 43.3 Å². The SMILES string of the molecule is BrCCCCCCCCSC(c1ccccc1)(c1ccccc1)c1ccccc1. The molecular formula is C27H31BrS. The van der Waals surface area contributed by atoms with Crippen LogP contribution in [0.25, 0.3) is 0 Å². The van der Waals surface area contributed by atoms with Crippen LogP contribution in [-0.2, 0) is 4.75 Å². The number of rotatable bonds is 12. The first-order chi connectivity index (χ1) is 14.4. The van der Waals surface area contributed by atoms with E-state index in [2.05, 4.69) is 119 Å². The van der Waals surface area contributed by atoms with Crippen molar-refractivity contribution >= 4 is 27.7 Å². The van der Waals surface area contributed by atoms with Gasteiger partial charge in [-0.3, -0.25) is 0 Å². The molecule has 0 heterocycles. The Bertz CT molecular complexity index is 705. The van der Waals surface area contributed by atoms with Gasteiger partial charge in [-0.2, -0.15) is 0 Å². The van der Waals surface area contributed by atoms with Crippen LogP contribution in [0.2, 0.25) is 0 Å². The number of hydrogen-bond donors (Lipinski definition) is 0. The van der Waals surface area contributed by atoms with Crippen LogP contribution in [0.15, 0.2) is 91.0 Å². The molecule has 0 aliphatic carbocycles. The van der Waals surface area contributed by atoms with Crippen molar-refractivity contribution in [1.29, 1.82) is 0 Å². The van der Waals surface area contributed by atoms with E-state index in [-0.39, 0.29) is 4.75 Å². The van der Waals surface area contributed by atoms with E-state index < -0.39 is 0 Å². The van der Waals surface area contributed by atoms with Gasteiger partial charge >= 0.3 is 0 Å². The highest BCUT2D eigenvalue weighted by Gasteiger charge is 2.36. The van der Waals surface area contributed by atoms with E-state index in [4.69, 9.17) is 0 Å². The van der Waals surface area contributed by atoms with Gasteiger partial charge in [0.2, 0.25) is 0 Å². The monoisotopic (exact) mass is 466 g/mol. The molecule has 0 aromatic heterocycles. The second kappa shape index (κ2) is 12.2. The molecule has 0 unspecified atom stereocenters. The highest BCUT2D eigenvalue weighted by Crippen LogP contribution is 2.48. The Labute approximate surface area is 189 Å². The molecule has 0 radical (unpaired) electrons. The van der Waals surface area contributed by atoms with Gasteiger partial charge in [-0.1, -0.05) is 133 Å². The summed E-state index contributed by atoms with van der Waals surface area (Å²) < 4.78 is -0.167. The standard InChI is InChI=1S/C27H31BrS/c28-22-14-3-1-2-4-15-23-29-27(24-16-8-5-9-17-24,25-18-10-6-11-19-25)26-20-12-7-13-21-26/h5-13,16-21H,1-4,14-15,22-23H2. The van der Waals surface area contributed by atoms with Gasteiger partial charge in [0.15, 0.2) is 0 Å². The second-order valence-electron chi connectivity index (χ2n) is 7.44. The van der Waals surface area contributed by atoms with E-state index >= 15 is 0 Å². The summed E-state index contributed by atoms with van der Waals surface area (Å²) >= 11 is 5.62. The van der Waals surface area contributed by atoms with Crippen LogP contribution in [0.3, 0.4) is 0 Å². The Balaban J connectivity index is 1.83. The van der Waals surface area contributed by atoms with Crippen LogP contribution in [0, 0.1) is 0 Å². The zero-order valence-corrected chi connectivity index (χ0v) is 19.5. The lowest BCUT2D eigenvalue weighted by molar-refractivity contribution is 0.629. The summed E-state index contributed by atoms with van der Waals surface area (Å²) in [6, 6.07) is 33.1. The van der Waals surface area contributed by atoms with Gasteiger partial charge in [-0.15, -0.1) is 11.8 Å². The fourth-order valence-electron chi connectivity index (χ4n) is 3.90. The number of alkyl halides is 1. The topological polar surface area (TPSA) is 0 Å². The smallest absolute Gasteiger partial charge is 0.0906 e. The molecule has 29 heavy (non-hydrogen) atoms. The number of hydrogen-bond acceptors (Lipinski definition) is 1. The van der Waals surface area contributed by atoms with Crippen LogP contribution < -0.4 is 0 Å². The minimum absolute atomic E-state index is 0.167. The summed E-state index contributed by atoms with van der Waals surface area (Å²) in [5.74, 6) is 1.16. The number of unbranched alkanes of at least 4 members (excludes halogenated alkanes) is 5. The van der Waals surface area contributed by atoms with E-state index in [9.17, 15) is 0 Å². The molecule has 2 heteroatoms. The summed E-state index contributed by atoms with van der Waals surface area (Å²) in [4.78, 5) is 0. The second-order valence-corrected chi connectivity index (χ2v) is 9.54. The third kappa shape index (κ3) is 5.99. The average molecular weight is 468 g/mol. The minimum atomic E-state index is -0.167.